The van der Waals surface area contributed by atoms with Gasteiger partial charge in [0.05, 0.1) is 5.69 Å². The Labute approximate surface area is 160 Å². The molecule has 1 aliphatic heterocycles. The van der Waals surface area contributed by atoms with Crippen molar-refractivity contribution in [3.8, 4) is 0 Å². The Morgan fingerprint density at radius 2 is 1.65 bits per heavy atom. The standard InChI is InChI=1S/C19H20BrFN4O/c1-14(26)19(23-22-17-6-2-15(20)3-7-17)25-12-10-24(11-13-25)18-8-4-16(21)5-9-18/h2-9,22H,10-13H2,1H3/b23-19-. The van der Waals surface area contributed by atoms with Crippen LogP contribution in [0.25, 0.3) is 0 Å². The zero-order valence-electron chi connectivity index (χ0n) is 14.5. The summed E-state index contributed by atoms with van der Waals surface area (Å²) in [6, 6.07) is 14.1. The fourth-order valence-electron chi connectivity index (χ4n) is 2.84. The lowest BCUT2D eigenvalue weighted by Gasteiger charge is -2.37. The van der Waals surface area contributed by atoms with Crippen LogP contribution in [-0.4, -0.2) is 42.7 Å². The number of amidine groups is 1. The third kappa shape index (κ3) is 4.60. The average molecular weight is 419 g/mol. The molecule has 1 N–H and O–H groups in total. The van der Waals surface area contributed by atoms with Crippen LogP contribution in [0, 0.1) is 5.82 Å². The predicted molar refractivity (Wildman–Crippen MR) is 106 cm³/mol. The zero-order chi connectivity index (χ0) is 18.5. The molecule has 7 heteroatoms. The predicted octanol–water partition coefficient (Wildman–Crippen LogP) is 3.72. The summed E-state index contributed by atoms with van der Waals surface area (Å²) in [6.45, 7) is 4.37. The Bertz CT molecular complexity index is 784. The number of hydrazone groups is 1. The molecule has 3 rings (SSSR count). The maximum Gasteiger partial charge on any atom is 0.196 e. The van der Waals surface area contributed by atoms with Gasteiger partial charge >= 0.3 is 0 Å². The quantitative estimate of drug-likeness (QED) is 0.466. The molecule has 1 heterocycles. The van der Waals surface area contributed by atoms with E-state index in [1.165, 1.54) is 19.1 Å². The molecule has 0 bridgehead atoms. The van der Waals surface area contributed by atoms with E-state index in [9.17, 15) is 9.18 Å². The van der Waals surface area contributed by atoms with Gasteiger partial charge in [-0.1, -0.05) is 15.9 Å². The van der Waals surface area contributed by atoms with Crippen LogP contribution in [0.3, 0.4) is 0 Å². The van der Waals surface area contributed by atoms with E-state index < -0.39 is 0 Å². The molecule has 0 aromatic heterocycles. The maximum atomic E-state index is 13.1. The van der Waals surface area contributed by atoms with Crippen molar-refractivity contribution in [3.63, 3.8) is 0 Å². The number of hydrogen-bond donors (Lipinski definition) is 1. The highest BCUT2D eigenvalue weighted by molar-refractivity contribution is 9.10. The molecule has 0 aliphatic carbocycles. The van der Waals surface area contributed by atoms with Crippen molar-refractivity contribution in [1.29, 1.82) is 0 Å². The summed E-state index contributed by atoms with van der Waals surface area (Å²) < 4.78 is 14.1. The lowest BCUT2D eigenvalue weighted by atomic mass is 10.2. The molecule has 2 aromatic rings. The summed E-state index contributed by atoms with van der Waals surface area (Å²) in [5, 5.41) is 4.32. The Kier molecular flexibility index (Phi) is 5.88. The highest BCUT2D eigenvalue weighted by atomic mass is 79.9. The number of benzene rings is 2. The van der Waals surface area contributed by atoms with Crippen LogP contribution in [0.5, 0.6) is 0 Å². The number of nitrogens with one attached hydrogen (secondary N) is 1. The number of Topliss-reactive ketones (excluding diaryl/α,β-unsaturated/α-hetero) is 1. The molecule has 5 nitrogen and oxygen atoms in total. The number of piperazine rings is 1. The van der Waals surface area contributed by atoms with Gasteiger partial charge in [-0.25, -0.2) is 4.39 Å². The minimum absolute atomic E-state index is 0.0788. The minimum atomic E-state index is -0.239. The molecule has 0 saturated carbocycles. The van der Waals surface area contributed by atoms with Gasteiger partial charge in [-0.3, -0.25) is 10.2 Å². The van der Waals surface area contributed by atoms with Crippen molar-refractivity contribution in [2.24, 2.45) is 5.10 Å². The Balaban J connectivity index is 1.64. The Hall–Kier alpha value is -2.41. The number of ketones is 1. The summed E-state index contributed by atoms with van der Waals surface area (Å²) in [5.74, 6) is 0.105. The fourth-order valence-corrected chi connectivity index (χ4v) is 3.11. The second-order valence-corrected chi connectivity index (χ2v) is 6.98. The second-order valence-electron chi connectivity index (χ2n) is 6.06. The first kappa shape index (κ1) is 18.4. The molecule has 1 saturated heterocycles. The van der Waals surface area contributed by atoms with Crippen LogP contribution in [-0.2, 0) is 4.79 Å². The van der Waals surface area contributed by atoms with Crippen molar-refractivity contribution < 1.29 is 9.18 Å². The molecule has 0 amide bonds. The summed E-state index contributed by atoms with van der Waals surface area (Å²) in [7, 11) is 0. The van der Waals surface area contributed by atoms with E-state index in [4.69, 9.17) is 0 Å². The first-order chi connectivity index (χ1) is 12.5. The molecular weight excluding hydrogens is 399 g/mol. The van der Waals surface area contributed by atoms with E-state index in [2.05, 4.69) is 31.4 Å². The van der Waals surface area contributed by atoms with Gasteiger partial charge in [0.15, 0.2) is 11.6 Å². The zero-order valence-corrected chi connectivity index (χ0v) is 16.0. The largest absolute Gasteiger partial charge is 0.368 e. The first-order valence-electron chi connectivity index (χ1n) is 8.38. The van der Waals surface area contributed by atoms with Crippen molar-refractivity contribution >= 4 is 38.9 Å². The smallest absolute Gasteiger partial charge is 0.196 e. The van der Waals surface area contributed by atoms with Crippen LogP contribution in [0.15, 0.2) is 58.1 Å². The summed E-state index contributed by atoms with van der Waals surface area (Å²) in [4.78, 5) is 16.2. The first-order valence-corrected chi connectivity index (χ1v) is 9.18. The fraction of sp³-hybridized carbons (Fsp3) is 0.263. The highest BCUT2D eigenvalue weighted by Crippen LogP contribution is 2.18. The molecule has 2 aromatic carbocycles. The number of halogens is 2. The second kappa shape index (κ2) is 8.31. The molecule has 26 heavy (non-hydrogen) atoms. The third-order valence-electron chi connectivity index (χ3n) is 4.22. The number of hydrogen-bond acceptors (Lipinski definition) is 4. The van der Waals surface area contributed by atoms with Gasteiger partial charge in [-0.05, 0) is 48.5 Å². The van der Waals surface area contributed by atoms with E-state index >= 15 is 0 Å². The van der Waals surface area contributed by atoms with Crippen LogP contribution in [0.2, 0.25) is 0 Å². The minimum Gasteiger partial charge on any atom is -0.368 e. The topological polar surface area (TPSA) is 47.9 Å². The highest BCUT2D eigenvalue weighted by Gasteiger charge is 2.22. The average Bonchev–Trinajstić information content (AvgIpc) is 2.64. The van der Waals surface area contributed by atoms with Gasteiger partial charge in [-0.2, -0.15) is 5.10 Å². The SMILES string of the molecule is CC(=O)/C(=N/Nc1ccc(Br)cc1)N1CCN(c2ccc(F)cc2)CC1. The van der Waals surface area contributed by atoms with E-state index in [0.29, 0.717) is 18.9 Å². The molecule has 1 aliphatic rings. The molecule has 0 unspecified atom stereocenters. The number of carbonyl (C=O) groups is 1. The lowest BCUT2D eigenvalue weighted by molar-refractivity contribution is -0.111. The van der Waals surface area contributed by atoms with Gasteiger partial charge in [0.2, 0.25) is 0 Å². The number of carbonyl (C=O) groups excluding carboxylic acids is 1. The number of nitrogens with zero attached hydrogens (tertiary/aromatic N) is 3. The molecular formula is C19H20BrFN4O. The number of rotatable bonds is 4. The monoisotopic (exact) mass is 418 g/mol. The van der Waals surface area contributed by atoms with Crippen molar-refractivity contribution in [1.82, 2.24) is 4.90 Å². The summed E-state index contributed by atoms with van der Waals surface area (Å²) in [6.07, 6.45) is 0. The molecule has 0 radical (unpaired) electrons. The van der Waals surface area contributed by atoms with Gasteiger partial charge < -0.3 is 9.80 Å². The van der Waals surface area contributed by atoms with E-state index in [1.807, 2.05) is 29.2 Å². The van der Waals surface area contributed by atoms with E-state index in [0.717, 1.165) is 28.9 Å². The summed E-state index contributed by atoms with van der Waals surface area (Å²) >= 11 is 3.39. The third-order valence-corrected chi connectivity index (χ3v) is 4.75. The van der Waals surface area contributed by atoms with Crippen LogP contribution >= 0.6 is 15.9 Å². The van der Waals surface area contributed by atoms with E-state index in [1.54, 1.807) is 12.1 Å². The van der Waals surface area contributed by atoms with Crippen LogP contribution in [0.4, 0.5) is 15.8 Å². The number of anilines is 2. The van der Waals surface area contributed by atoms with Gasteiger partial charge in [0.25, 0.3) is 0 Å². The lowest BCUT2D eigenvalue weighted by Crippen LogP contribution is -2.50. The van der Waals surface area contributed by atoms with Gasteiger partial charge in [-0.15, -0.1) is 0 Å². The van der Waals surface area contributed by atoms with Crippen molar-refractivity contribution in [2.45, 2.75) is 6.92 Å². The molecule has 0 atom stereocenters. The van der Waals surface area contributed by atoms with Gasteiger partial charge in [0, 0.05) is 43.3 Å². The Morgan fingerprint density at radius 3 is 2.23 bits per heavy atom. The van der Waals surface area contributed by atoms with Gasteiger partial charge in [0.1, 0.15) is 5.82 Å². The normalized spacial score (nSPS) is 15.1. The molecule has 0 spiro atoms. The van der Waals surface area contributed by atoms with Crippen molar-refractivity contribution in [3.05, 3.63) is 58.8 Å². The Morgan fingerprint density at radius 1 is 1.04 bits per heavy atom. The summed E-state index contributed by atoms with van der Waals surface area (Å²) in [5.41, 5.74) is 4.75. The van der Waals surface area contributed by atoms with Crippen molar-refractivity contribution in [2.75, 3.05) is 36.5 Å². The van der Waals surface area contributed by atoms with Crippen LogP contribution < -0.4 is 10.3 Å². The van der Waals surface area contributed by atoms with Crippen LogP contribution in [0.1, 0.15) is 6.92 Å². The maximum absolute atomic E-state index is 13.1. The molecule has 136 valence electrons. The molecule has 1 fully saturated rings. The van der Waals surface area contributed by atoms with E-state index in [-0.39, 0.29) is 11.6 Å².